The number of aromatic nitrogens is 3. The second-order valence-corrected chi connectivity index (χ2v) is 4.12. The first kappa shape index (κ1) is 12.8. The molecule has 2 aromatic heterocycles. The van der Waals surface area contributed by atoms with Gasteiger partial charge in [-0.05, 0) is 24.6 Å². The van der Waals surface area contributed by atoms with Gasteiger partial charge in [0.05, 0.1) is 6.61 Å². The van der Waals surface area contributed by atoms with Crippen molar-refractivity contribution in [1.82, 2.24) is 19.9 Å². The molecule has 0 unspecified atom stereocenters. The lowest BCUT2D eigenvalue weighted by molar-refractivity contribution is 0.200. The molecule has 2 N–H and O–H groups in total. The fourth-order valence-electron chi connectivity index (χ4n) is 1.76. The van der Waals surface area contributed by atoms with Crippen molar-refractivity contribution in [2.45, 2.75) is 6.92 Å². The number of nitrogens with one attached hydrogen (secondary N) is 2. The van der Waals surface area contributed by atoms with Crippen molar-refractivity contribution in [1.29, 1.82) is 0 Å². The van der Waals surface area contributed by atoms with Crippen LogP contribution in [0.1, 0.15) is 5.56 Å². The first-order valence-corrected chi connectivity index (χ1v) is 6.05. The van der Waals surface area contributed by atoms with Gasteiger partial charge in [-0.25, -0.2) is 4.98 Å². The van der Waals surface area contributed by atoms with E-state index in [4.69, 9.17) is 4.74 Å². The van der Waals surface area contributed by atoms with E-state index in [1.807, 2.05) is 10.6 Å². The Hall–Kier alpha value is -1.66. The maximum Gasteiger partial charge on any atom is 0.157 e. The van der Waals surface area contributed by atoms with Crippen LogP contribution in [0.15, 0.2) is 18.5 Å². The topological polar surface area (TPSA) is 63.5 Å². The molecule has 0 bridgehead atoms. The highest BCUT2D eigenvalue weighted by Gasteiger charge is 2.02. The zero-order valence-corrected chi connectivity index (χ0v) is 10.8. The van der Waals surface area contributed by atoms with Crippen LogP contribution in [-0.2, 0) is 4.74 Å². The predicted octanol–water partition coefficient (Wildman–Crippen LogP) is 0.686. The van der Waals surface area contributed by atoms with Crippen LogP contribution in [0.4, 0.5) is 5.82 Å². The van der Waals surface area contributed by atoms with Gasteiger partial charge in [-0.3, -0.25) is 0 Å². The van der Waals surface area contributed by atoms with Crippen LogP contribution in [0.25, 0.3) is 5.65 Å². The number of hydrogen-bond donors (Lipinski definition) is 2. The van der Waals surface area contributed by atoms with E-state index in [1.54, 1.807) is 13.4 Å². The Morgan fingerprint density at radius 2 is 2.17 bits per heavy atom. The third-order valence-corrected chi connectivity index (χ3v) is 2.61. The van der Waals surface area contributed by atoms with Crippen molar-refractivity contribution in [2.75, 3.05) is 38.7 Å². The maximum absolute atomic E-state index is 4.96. The van der Waals surface area contributed by atoms with Crippen LogP contribution >= 0.6 is 0 Å². The summed E-state index contributed by atoms with van der Waals surface area (Å²) in [6, 6.07) is 4.08. The van der Waals surface area contributed by atoms with Crippen LogP contribution in [0.2, 0.25) is 0 Å². The molecule has 2 heterocycles. The number of rotatable bonds is 7. The largest absolute Gasteiger partial charge is 0.383 e. The highest BCUT2D eigenvalue weighted by molar-refractivity contribution is 5.51. The molecule has 6 heteroatoms. The first-order valence-electron chi connectivity index (χ1n) is 6.05. The Labute approximate surface area is 106 Å². The summed E-state index contributed by atoms with van der Waals surface area (Å²) in [5.41, 5.74) is 2.04. The molecular formula is C12H19N5O. The number of ether oxygens (including phenoxy) is 1. The lowest BCUT2D eigenvalue weighted by Gasteiger charge is -2.09. The Morgan fingerprint density at radius 3 is 3.00 bits per heavy atom. The van der Waals surface area contributed by atoms with E-state index in [-0.39, 0.29) is 0 Å². The first-order chi connectivity index (χ1) is 8.81. The molecule has 0 atom stereocenters. The van der Waals surface area contributed by atoms with Crippen molar-refractivity contribution in [2.24, 2.45) is 0 Å². The SMILES string of the molecule is COCCNCCNc1cc(C)cc2ncnn12. The fraction of sp³-hybridized carbons (Fsp3) is 0.500. The van der Waals surface area contributed by atoms with E-state index in [9.17, 15) is 0 Å². The van der Waals surface area contributed by atoms with Gasteiger partial charge in [-0.2, -0.15) is 9.61 Å². The fourth-order valence-corrected chi connectivity index (χ4v) is 1.76. The van der Waals surface area contributed by atoms with Gasteiger partial charge < -0.3 is 15.4 Å². The summed E-state index contributed by atoms with van der Waals surface area (Å²) in [7, 11) is 1.70. The van der Waals surface area contributed by atoms with Crippen molar-refractivity contribution >= 4 is 11.5 Å². The van der Waals surface area contributed by atoms with Gasteiger partial charge in [0, 0.05) is 26.7 Å². The molecule has 2 rings (SSSR count). The van der Waals surface area contributed by atoms with Crippen LogP contribution in [0.3, 0.4) is 0 Å². The molecule has 0 aliphatic rings. The molecule has 0 aliphatic heterocycles. The molecule has 0 aliphatic carbocycles. The van der Waals surface area contributed by atoms with Gasteiger partial charge in [0.2, 0.25) is 0 Å². The van der Waals surface area contributed by atoms with Crippen molar-refractivity contribution in [3.63, 3.8) is 0 Å². The van der Waals surface area contributed by atoms with Crippen molar-refractivity contribution < 1.29 is 4.74 Å². The van der Waals surface area contributed by atoms with E-state index in [1.165, 1.54) is 5.56 Å². The van der Waals surface area contributed by atoms with E-state index in [0.717, 1.165) is 37.7 Å². The lowest BCUT2D eigenvalue weighted by Crippen LogP contribution is -2.26. The van der Waals surface area contributed by atoms with Gasteiger partial charge in [0.15, 0.2) is 5.65 Å². The van der Waals surface area contributed by atoms with E-state index < -0.39 is 0 Å². The van der Waals surface area contributed by atoms with Gasteiger partial charge in [0.25, 0.3) is 0 Å². The third-order valence-electron chi connectivity index (χ3n) is 2.61. The minimum atomic E-state index is 0.734. The summed E-state index contributed by atoms with van der Waals surface area (Å²) in [6.07, 6.45) is 1.57. The molecule has 98 valence electrons. The van der Waals surface area contributed by atoms with E-state index >= 15 is 0 Å². The monoisotopic (exact) mass is 249 g/mol. The van der Waals surface area contributed by atoms with Crippen LogP contribution < -0.4 is 10.6 Å². The number of anilines is 1. The molecule has 0 fully saturated rings. The normalized spacial score (nSPS) is 11.0. The molecule has 2 aromatic rings. The van der Waals surface area contributed by atoms with Gasteiger partial charge in [-0.15, -0.1) is 0 Å². The Morgan fingerprint density at radius 1 is 1.28 bits per heavy atom. The van der Waals surface area contributed by atoms with E-state index in [2.05, 4.69) is 33.7 Å². The zero-order valence-electron chi connectivity index (χ0n) is 10.8. The van der Waals surface area contributed by atoms with Gasteiger partial charge >= 0.3 is 0 Å². The van der Waals surface area contributed by atoms with Gasteiger partial charge in [-0.1, -0.05) is 0 Å². The number of nitrogens with zero attached hydrogens (tertiary/aromatic N) is 3. The lowest BCUT2D eigenvalue weighted by atomic mass is 10.3. The standard InChI is InChI=1S/C12H19N5O/c1-10-7-11(14-4-3-13-5-6-18-2)17-12(8-10)15-9-16-17/h7-9,13-14H,3-6H2,1-2H3. The second kappa shape index (κ2) is 6.32. The van der Waals surface area contributed by atoms with Crippen LogP contribution in [-0.4, -0.2) is 47.9 Å². The molecule has 0 spiro atoms. The predicted molar refractivity (Wildman–Crippen MR) is 71.0 cm³/mol. The quantitative estimate of drug-likeness (QED) is 0.707. The number of methoxy groups -OCH3 is 1. The van der Waals surface area contributed by atoms with Crippen molar-refractivity contribution in [3.05, 3.63) is 24.0 Å². The molecule has 0 saturated carbocycles. The van der Waals surface area contributed by atoms with Crippen LogP contribution in [0.5, 0.6) is 0 Å². The summed E-state index contributed by atoms with van der Waals surface area (Å²) in [6.45, 7) is 5.37. The molecule has 18 heavy (non-hydrogen) atoms. The smallest absolute Gasteiger partial charge is 0.157 e. The third kappa shape index (κ3) is 3.18. The summed E-state index contributed by atoms with van der Waals surface area (Å²) < 4.78 is 6.77. The zero-order chi connectivity index (χ0) is 12.8. The second-order valence-electron chi connectivity index (χ2n) is 4.12. The average Bonchev–Trinajstić information content (AvgIpc) is 2.81. The van der Waals surface area contributed by atoms with Crippen LogP contribution in [0, 0.1) is 6.92 Å². The number of aryl methyl sites for hydroxylation is 1. The number of pyridine rings is 1. The Balaban J connectivity index is 1.89. The molecule has 0 aromatic carbocycles. The number of hydrogen-bond acceptors (Lipinski definition) is 5. The van der Waals surface area contributed by atoms with E-state index in [0.29, 0.717) is 0 Å². The molecule has 0 radical (unpaired) electrons. The molecule has 0 saturated heterocycles. The van der Waals surface area contributed by atoms with Gasteiger partial charge in [0.1, 0.15) is 12.1 Å². The highest BCUT2D eigenvalue weighted by Crippen LogP contribution is 2.12. The average molecular weight is 249 g/mol. The Kier molecular flexibility index (Phi) is 4.49. The minimum Gasteiger partial charge on any atom is -0.383 e. The summed E-state index contributed by atoms with van der Waals surface area (Å²) in [5, 5.41) is 10.8. The molecule has 0 amide bonds. The summed E-state index contributed by atoms with van der Waals surface area (Å²) in [4.78, 5) is 4.19. The minimum absolute atomic E-state index is 0.734. The van der Waals surface area contributed by atoms with Crippen molar-refractivity contribution in [3.8, 4) is 0 Å². The Bertz CT molecular complexity index is 496. The summed E-state index contributed by atoms with van der Waals surface area (Å²) >= 11 is 0. The maximum atomic E-state index is 4.96. The summed E-state index contributed by atoms with van der Waals surface area (Å²) in [5.74, 6) is 0.969. The molecule has 6 nitrogen and oxygen atoms in total. The molecular weight excluding hydrogens is 230 g/mol. The highest BCUT2D eigenvalue weighted by atomic mass is 16.5. The number of fused-ring (bicyclic) bond motifs is 1.